The third-order valence-corrected chi connectivity index (χ3v) is 9.52. The first-order valence-electron chi connectivity index (χ1n) is 14.1. The number of ether oxygens (including phenoxy) is 2. The van der Waals surface area contributed by atoms with E-state index in [0.29, 0.717) is 36.8 Å². The van der Waals surface area contributed by atoms with E-state index in [4.69, 9.17) is 9.47 Å². The van der Waals surface area contributed by atoms with E-state index < -0.39 is 10.8 Å². The van der Waals surface area contributed by atoms with E-state index in [1.165, 1.54) is 0 Å². The van der Waals surface area contributed by atoms with Crippen LogP contribution in [0.2, 0.25) is 0 Å². The Bertz CT molecular complexity index is 1300. The second kappa shape index (κ2) is 13.2. The van der Waals surface area contributed by atoms with E-state index in [1.807, 2.05) is 46.0 Å². The lowest BCUT2D eigenvalue weighted by Crippen LogP contribution is -2.34. The van der Waals surface area contributed by atoms with Gasteiger partial charge in [-0.2, -0.15) is 4.31 Å². The van der Waals surface area contributed by atoms with E-state index >= 15 is 0 Å². The van der Waals surface area contributed by atoms with Gasteiger partial charge in [-0.25, -0.2) is 0 Å². The van der Waals surface area contributed by atoms with Crippen molar-refractivity contribution in [3.63, 3.8) is 0 Å². The summed E-state index contributed by atoms with van der Waals surface area (Å²) >= 11 is 0. The number of rotatable bonds is 11. The van der Waals surface area contributed by atoms with Crippen molar-refractivity contribution in [2.24, 2.45) is 0 Å². The van der Waals surface area contributed by atoms with Gasteiger partial charge in [0.05, 0.1) is 25.3 Å². The van der Waals surface area contributed by atoms with Crippen LogP contribution in [0.5, 0.6) is 5.75 Å². The van der Waals surface area contributed by atoms with Gasteiger partial charge in [0.1, 0.15) is 16.7 Å². The minimum Gasteiger partial charge on any atom is -0.487 e. The molecule has 0 radical (unpaired) electrons. The van der Waals surface area contributed by atoms with Crippen molar-refractivity contribution in [3.05, 3.63) is 71.0 Å². The maximum atomic E-state index is 12.6. The van der Waals surface area contributed by atoms with E-state index in [9.17, 15) is 13.9 Å². The summed E-state index contributed by atoms with van der Waals surface area (Å²) in [6, 6.07) is 13.4. The number of aromatic nitrogens is 3. The Kier molecular flexibility index (Phi) is 9.89. The zero-order valence-electron chi connectivity index (χ0n) is 24.1. The SMILES string of the molecule is CCOC(=O)CC(CC(C)c1cn(CC)nn1)c1ccc(C)c(CN2C[C@@H](CC)Oc3ccccc3S2(O)O)c1. The summed E-state index contributed by atoms with van der Waals surface area (Å²) < 4.78 is 38.0. The van der Waals surface area contributed by atoms with Gasteiger partial charge in [-0.05, 0) is 68.4 Å². The fraction of sp³-hybridized carbons (Fsp3) is 0.500. The van der Waals surface area contributed by atoms with Crippen LogP contribution in [0, 0.1) is 6.92 Å². The van der Waals surface area contributed by atoms with Crippen LogP contribution >= 0.6 is 10.8 Å². The second-order valence-electron chi connectivity index (χ2n) is 10.5. The highest BCUT2D eigenvalue weighted by molar-refractivity contribution is 8.22. The zero-order chi connectivity index (χ0) is 28.9. The first-order valence-corrected chi connectivity index (χ1v) is 15.6. The van der Waals surface area contributed by atoms with Gasteiger partial charge in [0.2, 0.25) is 0 Å². The summed E-state index contributed by atoms with van der Waals surface area (Å²) in [6.45, 7) is 11.8. The molecule has 0 spiro atoms. The molecule has 0 aliphatic carbocycles. The fourth-order valence-corrected chi connectivity index (χ4v) is 6.75. The van der Waals surface area contributed by atoms with Crippen molar-refractivity contribution in [3.8, 4) is 5.75 Å². The number of fused-ring (bicyclic) bond motifs is 1. The first-order chi connectivity index (χ1) is 19.2. The van der Waals surface area contributed by atoms with Crippen molar-refractivity contribution in [2.75, 3.05) is 13.2 Å². The normalized spacial score (nSPS) is 19.1. The lowest BCUT2D eigenvalue weighted by molar-refractivity contribution is -0.143. The van der Waals surface area contributed by atoms with Crippen LogP contribution in [0.1, 0.15) is 81.2 Å². The first kappa shape index (κ1) is 30.0. The molecule has 0 saturated heterocycles. The van der Waals surface area contributed by atoms with Crippen molar-refractivity contribution in [2.45, 2.75) is 89.8 Å². The summed E-state index contributed by atoms with van der Waals surface area (Å²) in [4.78, 5) is 13.0. The molecular formula is C30H42N4O5S. The molecule has 1 aromatic heterocycles. The van der Waals surface area contributed by atoms with E-state index in [0.717, 1.165) is 35.3 Å². The Morgan fingerprint density at radius 3 is 2.67 bits per heavy atom. The van der Waals surface area contributed by atoms with Gasteiger partial charge in [0.15, 0.2) is 0 Å². The molecule has 1 aliphatic rings. The molecule has 2 N–H and O–H groups in total. The number of aryl methyl sites for hydroxylation is 2. The predicted molar refractivity (Wildman–Crippen MR) is 157 cm³/mol. The Morgan fingerprint density at radius 2 is 1.98 bits per heavy atom. The average Bonchev–Trinajstić information content (AvgIpc) is 3.39. The van der Waals surface area contributed by atoms with Crippen molar-refractivity contribution < 1.29 is 23.4 Å². The largest absolute Gasteiger partial charge is 0.487 e. The van der Waals surface area contributed by atoms with Gasteiger partial charge < -0.3 is 9.47 Å². The molecule has 218 valence electrons. The summed E-state index contributed by atoms with van der Waals surface area (Å²) in [6.07, 6.45) is 3.47. The highest BCUT2D eigenvalue weighted by Crippen LogP contribution is 2.57. The Hall–Kier alpha value is -2.92. The van der Waals surface area contributed by atoms with Crippen molar-refractivity contribution >= 4 is 16.7 Å². The summed E-state index contributed by atoms with van der Waals surface area (Å²) in [5, 5.41) is 8.52. The molecule has 2 aromatic carbocycles. The highest BCUT2D eigenvalue weighted by Gasteiger charge is 2.35. The number of nitrogens with zero attached hydrogens (tertiary/aromatic N) is 4. The molecule has 4 rings (SSSR count). The minimum atomic E-state index is -3.28. The molecule has 0 bridgehead atoms. The number of hydrogen-bond acceptors (Lipinski definition) is 8. The third-order valence-electron chi connectivity index (χ3n) is 7.59. The molecule has 1 aliphatic heterocycles. The predicted octanol–water partition coefficient (Wildman–Crippen LogP) is 6.53. The summed E-state index contributed by atoms with van der Waals surface area (Å²) in [5.74, 6) is 0.268. The van der Waals surface area contributed by atoms with Gasteiger partial charge in [0, 0.05) is 25.2 Å². The Morgan fingerprint density at radius 1 is 1.20 bits per heavy atom. The number of carbonyl (C=O) groups is 1. The number of esters is 1. The fourth-order valence-electron chi connectivity index (χ4n) is 5.13. The molecule has 40 heavy (non-hydrogen) atoms. The van der Waals surface area contributed by atoms with Gasteiger partial charge in [-0.3, -0.25) is 18.6 Å². The van der Waals surface area contributed by atoms with E-state index in [2.05, 4.69) is 29.4 Å². The molecule has 0 saturated carbocycles. The third kappa shape index (κ3) is 6.86. The van der Waals surface area contributed by atoms with Crippen LogP contribution in [-0.2, 0) is 22.6 Å². The number of para-hydroxylation sites is 1. The Labute approximate surface area is 239 Å². The maximum Gasteiger partial charge on any atom is 0.306 e. The second-order valence-corrected chi connectivity index (χ2v) is 12.5. The van der Waals surface area contributed by atoms with Crippen molar-refractivity contribution in [1.29, 1.82) is 0 Å². The van der Waals surface area contributed by atoms with Gasteiger partial charge in [0.25, 0.3) is 0 Å². The smallest absolute Gasteiger partial charge is 0.306 e. The molecule has 9 nitrogen and oxygen atoms in total. The van der Waals surface area contributed by atoms with Crippen LogP contribution < -0.4 is 4.74 Å². The van der Waals surface area contributed by atoms with Crippen molar-refractivity contribution in [1.82, 2.24) is 19.3 Å². The van der Waals surface area contributed by atoms with Gasteiger partial charge >= 0.3 is 5.97 Å². The molecule has 3 aromatic rings. The van der Waals surface area contributed by atoms with Crippen LogP contribution in [0.4, 0.5) is 0 Å². The lowest BCUT2D eigenvalue weighted by Gasteiger charge is -2.42. The van der Waals surface area contributed by atoms with E-state index in [-0.39, 0.29) is 30.3 Å². The number of hydrogen-bond donors (Lipinski definition) is 2. The number of carbonyl (C=O) groups excluding carboxylic acids is 1. The number of benzene rings is 2. The van der Waals surface area contributed by atoms with Crippen LogP contribution in [0.3, 0.4) is 0 Å². The van der Waals surface area contributed by atoms with Crippen LogP contribution in [0.25, 0.3) is 0 Å². The van der Waals surface area contributed by atoms with Gasteiger partial charge in [-0.15, -0.1) is 15.9 Å². The van der Waals surface area contributed by atoms with Crippen LogP contribution in [0.15, 0.2) is 53.6 Å². The standard InChI is InChI=1S/C30H42N4O5S/c1-6-26-19-34(40(36,37)29-12-10-9-11-28(29)39-26)18-25-16-23(14-13-21(25)4)24(17-30(35)38-8-3)15-22(5)27-20-33(7-2)32-31-27/h9-14,16,20,22,24,26,36-37H,6-8,15,17-19H2,1-5H3/t22?,24?,26-/m1/s1. The summed E-state index contributed by atoms with van der Waals surface area (Å²) in [5.41, 5.74) is 3.92. The monoisotopic (exact) mass is 570 g/mol. The molecular weight excluding hydrogens is 528 g/mol. The molecule has 10 heteroatoms. The molecule has 3 atom stereocenters. The molecule has 0 amide bonds. The Balaban J connectivity index is 1.64. The van der Waals surface area contributed by atoms with Crippen LogP contribution in [-0.4, -0.2) is 53.6 Å². The lowest BCUT2D eigenvalue weighted by atomic mass is 9.85. The average molecular weight is 571 g/mol. The minimum absolute atomic E-state index is 0.0843. The topological polar surface area (TPSA) is 110 Å². The zero-order valence-corrected chi connectivity index (χ0v) is 24.9. The van der Waals surface area contributed by atoms with Gasteiger partial charge in [-0.1, -0.05) is 49.4 Å². The summed E-state index contributed by atoms with van der Waals surface area (Å²) in [7, 11) is -3.28. The quantitative estimate of drug-likeness (QED) is 0.250. The highest BCUT2D eigenvalue weighted by atomic mass is 32.3. The molecule has 2 heterocycles. The molecule has 0 fully saturated rings. The van der Waals surface area contributed by atoms with E-state index in [1.54, 1.807) is 27.2 Å². The molecule has 2 unspecified atom stereocenters. The maximum absolute atomic E-state index is 12.6.